The molecule has 1 amide bonds. The van der Waals surface area contributed by atoms with Crippen LogP contribution in [0.25, 0.3) is 6.08 Å². The van der Waals surface area contributed by atoms with Crippen LogP contribution in [0.5, 0.6) is 11.5 Å². The van der Waals surface area contributed by atoms with Gasteiger partial charge in [0.1, 0.15) is 0 Å². The molecule has 3 rings (SSSR count). The first-order valence-electron chi connectivity index (χ1n) is 10.7. The molecule has 1 unspecified atom stereocenters. The highest BCUT2D eigenvalue weighted by Crippen LogP contribution is 2.36. The summed E-state index contributed by atoms with van der Waals surface area (Å²) in [4.78, 5) is 17.0. The van der Waals surface area contributed by atoms with Gasteiger partial charge in [0.05, 0.1) is 25.3 Å². The van der Waals surface area contributed by atoms with Gasteiger partial charge >= 0.3 is 0 Å². The van der Waals surface area contributed by atoms with Gasteiger partial charge in [0, 0.05) is 45.6 Å². The van der Waals surface area contributed by atoms with Crippen molar-refractivity contribution in [2.24, 2.45) is 0 Å². The Balaban J connectivity index is 1.77. The van der Waals surface area contributed by atoms with Crippen molar-refractivity contribution in [2.75, 3.05) is 46.4 Å². The van der Waals surface area contributed by atoms with Gasteiger partial charge in [-0.25, -0.2) is 0 Å². The van der Waals surface area contributed by atoms with Crippen LogP contribution in [0, 0.1) is 0 Å². The maximum Gasteiger partial charge on any atom is 0.246 e. The summed E-state index contributed by atoms with van der Waals surface area (Å²) in [5.41, 5.74) is 2.95. The van der Waals surface area contributed by atoms with Crippen molar-refractivity contribution in [3.8, 4) is 11.5 Å². The summed E-state index contributed by atoms with van der Waals surface area (Å²) in [5, 5.41) is 0.427. The molecule has 0 radical (unpaired) electrons. The molecule has 0 saturated carbocycles. The zero-order chi connectivity index (χ0) is 23.1. The quantitative estimate of drug-likeness (QED) is 0.512. The molecule has 1 atom stereocenters. The van der Waals surface area contributed by atoms with E-state index in [4.69, 9.17) is 25.8 Å². The van der Waals surface area contributed by atoms with Gasteiger partial charge in [-0.2, -0.15) is 0 Å². The Hall–Kier alpha value is -2.70. The molecule has 1 fully saturated rings. The predicted octanol–water partition coefficient (Wildman–Crippen LogP) is 4.64. The zero-order valence-electron chi connectivity index (χ0n) is 19.1. The molecule has 1 saturated heterocycles. The van der Waals surface area contributed by atoms with Gasteiger partial charge in [-0.05, 0) is 54.3 Å². The molecule has 2 aromatic rings. The minimum Gasteiger partial charge on any atom is -0.493 e. The molecule has 7 heteroatoms. The number of rotatable bonds is 9. The molecule has 32 heavy (non-hydrogen) atoms. The summed E-state index contributed by atoms with van der Waals surface area (Å²) in [6.45, 7) is 1.83. The summed E-state index contributed by atoms with van der Waals surface area (Å²) in [6, 6.07) is 11.8. The molecule has 1 aliphatic rings. The number of benzene rings is 2. The van der Waals surface area contributed by atoms with Gasteiger partial charge in [-0.1, -0.05) is 23.7 Å². The Kier molecular flexibility index (Phi) is 8.42. The Bertz CT molecular complexity index is 938. The number of halogens is 1. The first-order chi connectivity index (χ1) is 15.4. The number of nitrogens with zero attached hydrogens (tertiary/aromatic N) is 2. The fraction of sp³-hybridized carbons (Fsp3) is 0.400. The third-order valence-corrected chi connectivity index (χ3v) is 5.74. The number of hydrogen-bond donors (Lipinski definition) is 0. The lowest BCUT2D eigenvalue weighted by atomic mass is 10.1. The van der Waals surface area contributed by atoms with Crippen LogP contribution in [-0.4, -0.2) is 58.4 Å². The Morgan fingerprint density at radius 2 is 1.94 bits per heavy atom. The van der Waals surface area contributed by atoms with Crippen molar-refractivity contribution in [2.45, 2.75) is 25.5 Å². The molecule has 6 nitrogen and oxygen atoms in total. The van der Waals surface area contributed by atoms with Crippen LogP contribution in [0.2, 0.25) is 5.02 Å². The smallest absolute Gasteiger partial charge is 0.246 e. The van der Waals surface area contributed by atoms with E-state index in [1.807, 2.05) is 19.0 Å². The van der Waals surface area contributed by atoms with E-state index >= 15 is 0 Å². The van der Waals surface area contributed by atoms with Crippen molar-refractivity contribution in [1.29, 1.82) is 0 Å². The van der Waals surface area contributed by atoms with Crippen LogP contribution in [0.15, 0.2) is 42.5 Å². The third-order valence-electron chi connectivity index (χ3n) is 5.46. The van der Waals surface area contributed by atoms with Crippen LogP contribution in [0.4, 0.5) is 5.69 Å². The Morgan fingerprint density at radius 3 is 2.53 bits per heavy atom. The average Bonchev–Trinajstić information content (AvgIpc) is 3.30. The third kappa shape index (κ3) is 6.17. The molecule has 172 valence electrons. The molecule has 0 bridgehead atoms. The minimum absolute atomic E-state index is 0.0731. The van der Waals surface area contributed by atoms with Crippen LogP contribution < -0.4 is 14.4 Å². The molecule has 0 aromatic heterocycles. The van der Waals surface area contributed by atoms with Crippen LogP contribution >= 0.6 is 11.6 Å². The van der Waals surface area contributed by atoms with Crippen molar-refractivity contribution >= 4 is 29.3 Å². The highest BCUT2D eigenvalue weighted by Gasteiger charge is 2.22. The van der Waals surface area contributed by atoms with E-state index in [-0.39, 0.29) is 12.0 Å². The molecular weight excluding hydrogens is 428 g/mol. The van der Waals surface area contributed by atoms with E-state index in [1.54, 1.807) is 31.4 Å². The van der Waals surface area contributed by atoms with E-state index in [0.29, 0.717) is 29.6 Å². The van der Waals surface area contributed by atoms with Crippen LogP contribution in [0.1, 0.15) is 24.0 Å². The average molecular weight is 459 g/mol. The Labute approximate surface area is 195 Å². The first-order valence-corrected chi connectivity index (χ1v) is 11.1. The van der Waals surface area contributed by atoms with E-state index in [9.17, 15) is 4.79 Å². The van der Waals surface area contributed by atoms with Crippen molar-refractivity contribution < 1.29 is 19.0 Å². The molecular formula is C25H31ClN2O4. The van der Waals surface area contributed by atoms with E-state index in [2.05, 4.69) is 29.2 Å². The predicted molar refractivity (Wildman–Crippen MR) is 129 cm³/mol. The number of anilines is 1. The highest BCUT2D eigenvalue weighted by molar-refractivity contribution is 6.32. The number of carbonyl (C=O) groups excluding carboxylic acids is 1. The standard InChI is InChI=1S/C25H31ClN2O4/c1-27(2)20-10-7-18(8-11-20)16-28(17-21-6-5-13-32-21)24(29)12-9-19-14-22(26)25(31-4)23(15-19)30-3/h7-12,14-15,21H,5-6,13,16-17H2,1-4H3/b12-9+. The first kappa shape index (κ1) is 24.0. The molecule has 1 heterocycles. The van der Waals surface area contributed by atoms with E-state index in [0.717, 1.165) is 36.3 Å². The normalized spacial score (nSPS) is 15.7. The lowest BCUT2D eigenvalue weighted by Crippen LogP contribution is -2.35. The second kappa shape index (κ2) is 11.2. The number of carbonyl (C=O) groups is 1. The molecule has 0 aliphatic carbocycles. The van der Waals surface area contributed by atoms with Gasteiger partial charge < -0.3 is 24.0 Å². The zero-order valence-corrected chi connectivity index (χ0v) is 19.9. The van der Waals surface area contributed by atoms with Crippen LogP contribution in [0.3, 0.4) is 0 Å². The second-order valence-electron chi connectivity index (χ2n) is 7.99. The summed E-state index contributed by atoms with van der Waals surface area (Å²) in [6.07, 6.45) is 5.39. The lowest BCUT2D eigenvalue weighted by Gasteiger charge is -2.25. The van der Waals surface area contributed by atoms with Crippen molar-refractivity contribution in [3.05, 3.63) is 58.6 Å². The largest absolute Gasteiger partial charge is 0.493 e. The van der Waals surface area contributed by atoms with E-state index < -0.39 is 0 Å². The summed E-state index contributed by atoms with van der Waals surface area (Å²) < 4.78 is 16.4. The minimum atomic E-state index is -0.0805. The van der Waals surface area contributed by atoms with Gasteiger partial charge in [0.2, 0.25) is 5.91 Å². The maximum atomic E-state index is 13.1. The van der Waals surface area contributed by atoms with Gasteiger partial charge in [-0.15, -0.1) is 0 Å². The number of amides is 1. The molecule has 1 aliphatic heterocycles. The topological polar surface area (TPSA) is 51.2 Å². The Morgan fingerprint density at radius 1 is 1.19 bits per heavy atom. The molecule has 2 aromatic carbocycles. The number of ether oxygens (including phenoxy) is 3. The summed E-state index contributed by atoms with van der Waals surface area (Å²) >= 11 is 6.29. The van der Waals surface area contributed by atoms with Crippen LogP contribution in [-0.2, 0) is 16.1 Å². The fourth-order valence-electron chi connectivity index (χ4n) is 3.69. The molecule has 0 spiro atoms. The van der Waals surface area contributed by atoms with Crippen molar-refractivity contribution in [1.82, 2.24) is 4.90 Å². The maximum absolute atomic E-state index is 13.1. The molecule has 0 N–H and O–H groups in total. The van der Waals surface area contributed by atoms with E-state index in [1.165, 1.54) is 7.11 Å². The van der Waals surface area contributed by atoms with Gasteiger partial charge in [0.25, 0.3) is 0 Å². The number of hydrogen-bond acceptors (Lipinski definition) is 5. The summed E-state index contributed by atoms with van der Waals surface area (Å²) in [5.74, 6) is 0.909. The van der Waals surface area contributed by atoms with Gasteiger partial charge in [-0.3, -0.25) is 4.79 Å². The monoisotopic (exact) mass is 458 g/mol. The SMILES string of the molecule is COc1cc(/C=C/C(=O)N(Cc2ccc(N(C)C)cc2)CC2CCCO2)cc(Cl)c1OC. The van der Waals surface area contributed by atoms with Crippen molar-refractivity contribution in [3.63, 3.8) is 0 Å². The highest BCUT2D eigenvalue weighted by atomic mass is 35.5. The number of methoxy groups -OCH3 is 2. The summed E-state index contributed by atoms with van der Waals surface area (Å²) in [7, 11) is 7.11. The fourth-order valence-corrected chi connectivity index (χ4v) is 3.99. The van der Waals surface area contributed by atoms with Gasteiger partial charge in [0.15, 0.2) is 11.5 Å². The second-order valence-corrected chi connectivity index (χ2v) is 8.39. The lowest BCUT2D eigenvalue weighted by molar-refractivity contribution is -0.128.